The van der Waals surface area contributed by atoms with Crippen molar-refractivity contribution in [3.05, 3.63) is 29.1 Å². The van der Waals surface area contributed by atoms with Gasteiger partial charge in [0.25, 0.3) is 0 Å². The van der Waals surface area contributed by atoms with Crippen LogP contribution in [0.1, 0.15) is 61.1 Å². The summed E-state index contributed by atoms with van der Waals surface area (Å²) in [5.41, 5.74) is 2.55. The first kappa shape index (κ1) is 16.4. The Balaban J connectivity index is 1.21. The Morgan fingerprint density at radius 1 is 1.04 bits per heavy atom. The molecule has 2 aromatic heterocycles. The largest absolute Gasteiger partial charge is 0.315 e. The number of rotatable bonds is 3. The van der Waals surface area contributed by atoms with Gasteiger partial charge in [-0.25, -0.2) is 0 Å². The topological polar surface area (TPSA) is 63.8 Å². The van der Waals surface area contributed by atoms with E-state index in [0.29, 0.717) is 5.92 Å². The highest BCUT2D eigenvalue weighted by atomic mass is 15.3. The third-order valence-corrected chi connectivity index (χ3v) is 6.20. The fourth-order valence-electron chi connectivity index (χ4n) is 4.72. The average molecular weight is 355 g/mol. The van der Waals surface area contributed by atoms with Crippen molar-refractivity contribution in [3.63, 3.8) is 0 Å². The molecule has 1 N–H and O–H groups in total. The van der Waals surface area contributed by atoms with Gasteiger partial charge in [0.05, 0.1) is 17.9 Å². The van der Waals surface area contributed by atoms with Crippen molar-refractivity contribution in [2.45, 2.75) is 70.6 Å². The molecule has 3 aliphatic rings. The second kappa shape index (κ2) is 7.12. The molecule has 0 spiro atoms. The maximum absolute atomic E-state index is 4.79. The lowest BCUT2D eigenvalue weighted by Gasteiger charge is -2.31. The summed E-state index contributed by atoms with van der Waals surface area (Å²) in [5.74, 6) is 3.05. The molecule has 0 radical (unpaired) electrons. The molecular weight excluding hydrogens is 326 g/mol. The van der Waals surface area contributed by atoms with Gasteiger partial charge in [-0.3, -0.25) is 9.58 Å². The van der Waals surface area contributed by atoms with E-state index in [4.69, 9.17) is 5.10 Å². The molecule has 0 amide bonds. The van der Waals surface area contributed by atoms with Crippen molar-refractivity contribution < 1.29 is 0 Å². The second-order valence-electron chi connectivity index (χ2n) is 8.01. The van der Waals surface area contributed by atoms with Crippen LogP contribution >= 0.6 is 0 Å². The Kier molecular flexibility index (Phi) is 4.50. The summed E-state index contributed by atoms with van der Waals surface area (Å²) in [6.07, 6.45) is 7.34. The summed E-state index contributed by atoms with van der Waals surface area (Å²) >= 11 is 0. The molecular formula is C19H29N7. The fraction of sp³-hybridized carbons (Fsp3) is 0.737. The lowest BCUT2D eigenvalue weighted by atomic mass is 9.95. The van der Waals surface area contributed by atoms with Gasteiger partial charge in [-0.2, -0.15) is 5.10 Å². The summed E-state index contributed by atoms with van der Waals surface area (Å²) in [6, 6.07) is 2.27. The van der Waals surface area contributed by atoms with Gasteiger partial charge in [-0.15, -0.1) is 10.2 Å². The van der Waals surface area contributed by atoms with Crippen LogP contribution in [0.25, 0.3) is 0 Å². The predicted molar refractivity (Wildman–Crippen MR) is 98.8 cm³/mol. The van der Waals surface area contributed by atoms with Gasteiger partial charge in [0.15, 0.2) is 0 Å². The number of fused-ring (bicyclic) bond motifs is 2. The van der Waals surface area contributed by atoms with Crippen LogP contribution in [0, 0.1) is 0 Å². The third kappa shape index (κ3) is 3.18. The van der Waals surface area contributed by atoms with E-state index in [1.165, 1.54) is 55.1 Å². The predicted octanol–water partition coefficient (Wildman–Crippen LogP) is 1.68. The van der Waals surface area contributed by atoms with Gasteiger partial charge >= 0.3 is 0 Å². The van der Waals surface area contributed by atoms with Crippen LogP contribution in [0.4, 0.5) is 0 Å². The zero-order valence-corrected chi connectivity index (χ0v) is 15.5. The molecule has 0 atom stereocenters. The standard InChI is InChI=1S/C19H29N7/c1-2-4-18-21-22-19(25(18)8-3-1)15-5-9-24(10-6-15)14-16-12-17-13-20-7-11-26(17)23-16/h12,15,20H,1-11,13-14H2. The average Bonchev–Trinajstić information content (AvgIpc) is 3.18. The molecule has 1 saturated heterocycles. The number of piperidine rings is 1. The lowest BCUT2D eigenvalue weighted by Crippen LogP contribution is -2.33. The number of nitrogens with one attached hydrogen (secondary N) is 1. The Morgan fingerprint density at radius 2 is 1.96 bits per heavy atom. The smallest absolute Gasteiger partial charge is 0.136 e. The van der Waals surface area contributed by atoms with E-state index in [1.807, 2.05) is 0 Å². The van der Waals surface area contributed by atoms with Crippen molar-refractivity contribution in [1.82, 2.24) is 34.8 Å². The Labute approximate surface area is 154 Å². The molecule has 0 bridgehead atoms. The minimum absolute atomic E-state index is 0.574. The number of aromatic nitrogens is 5. The summed E-state index contributed by atoms with van der Waals surface area (Å²) in [6.45, 7) is 7.34. The van der Waals surface area contributed by atoms with Gasteiger partial charge in [0.1, 0.15) is 11.6 Å². The van der Waals surface area contributed by atoms with Crippen LogP contribution in [0.15, 0.2) is 6.07 Å². The molecule has 26 heavy (non-hydrogen) atoms. The third-order valence-electron chi connectivity index (χ3n) is 6.20. The lowest BCUT2D eigenvalue weighted by molar-refractivity contribution is 0.197. The number of nitrogens with zero attached hydrogens (tertiary/aromatic N) is 6. The quantitative estimate of drug-likeness (QED) is 0.908. The van der Waals surface area contributed by atoms with Crippen LogP contribution in [-0.4, -0.2) is 49.1 Å². The highest BCUT2D eigenvalue weighted by Gasteiger charge is 2.27. The second-order valence-corrected chi connectivity index (χ2v) is 8.01. The zero-order chi connectivity index (χ0) is 17.3. The molecule has 140 valence electrons. The number of hydrogen-bond acceptors (Lipinski definition) is 5. The Morgan fingerprint density at radius 3 is 2.85 bits per heavy atom. The summed E-state index contributed by atoms with van der Waals surface area (Å²) in [5, 5.41) is 17.3. The van der Waals surface area contributed by atoms with Crippen molar-refractivity contribution in [2.75, 3.05) is 19.6 Å². The Hall–Kier alpha value is -1.73. The van der Waals surface area contributed by atoms with E-state index in [9.17, 15) is 0 Å². The first-order valence-corrected chi connectivity index (χ1v) is 10.3. The first-order chi connectivity index (χ1) is 12.9. The van der Waals surface area contributed by atoms with Crippen molar-refractivity contribution in [1.29, 1.82) is 0 Å². The van der Waals surface area contributed by atoms with Crippen LogP contribution in [0.3, 0.4) is 0 Å². The van der Waals surface area contributed by atoms with Gasteiger partial charge in [-0.05, 0) is 44.8 Å². The number of hydrogen-bond donors (Lipinski definition) is 1. The van der Waals surface area contributed by atoms with Gasteiger partial charge in [-0.1, -0.05) is 6.42 Å². The molecule has 0 unspecified atom stereocenters. The van der Waals surface area contributed by atoms with E-state index >= 15 is 0 Å². The maximum Gasteiger partial charge on any atom is 0.136 e. The van der Waals surface area contributed by atoms with Gasteiger partial charge < -0.3 is 9.88 Å². The SMILES string of the molecule is c1c(CN2CCC(c3nnc4n3CCCCC4)CC2)nn2c1CNCC2. The molecule has 3 aliphatic heterocycles. The molecule has 1 fully saturated rings. The minimum atomic E-state index is 0.574. The normalized spacial score (nSPS) is 22.0. The monoisotopic (exact) mass is 355 g/mol. The van der Waals surface area contributed by atoms with E-state index in [2.05, 4.69) is 35.7 Å². The van der Waals surface area contributed by atoms with Crippen molar-refractivity contribution in [3.8, 4) is 0 Å². The molecule has 0 saturated carbocycles. The van der Waals surface area contributed by atoms with Gasteiger partial charge in [0, 0.05) is 38.5 Å². The highest BCUT2D eigenvalue weighted by Crippen LogP contribution is 2.29. The first-order valence-electron chi connectivity index (χ1n) is 10.3. The molecule has 5 rings (SSSR count). The highest BCUT2D eigenvalue weighted by molar-refractivity contribution is 5.12. The number of likely N-dealkylation sites (tertiary alicyclic amines) is 1. The maximum atomic E-state index is 4.79. The van der Waals surface area contributed by atoms with E-state index in [-0.39, 0.29) is 0 Å². The van der Waals surface area contributed by atoms with E-state index in [1.54, 1.807) is 0 Å². The number of aryl methyl sites for hydroxylation is 1. The molecule has 0 aliphatic carbocycles. The molecule has 0 aromatic carbocycles. The molecule has 2 aromatic rings. The van der Waals surface area contributed by atoms with Crippen LogP contribution < -0.4 is 5.32 Å². The minimum Gasteiger partial charge on any atom is -0.315 e. The molecule has 7 nitrogen and oxygen atoms in total. The Bertz CT molecular complexity index is 731. The zero-order valence-electron chi connectivity index (χ0n) is 15.5. The van der Waals surface area contributed by atoms with Crippen LogP contribution in [0.2, 0.25) is 0 Å². The fourth-order valence-corrected chi connectivity index (χ4v) is 4.72. The molecule has 7 heteroatoms. The van der Waals surface area contributed by atoms with E-state index in [0.717, 1.165) is 52.2 Å². The summed E-state index contributed by atoms with van der Waals surface area (Å²) in [4.78, 5) is 2.55. The van der Waals surface area contributed by atoms with E-state index < -0.39 is 0 Å². The summed E-state index contributed by atoms with van der Waals surface area (Å²) < 4.78 is 4.60. The summed E-state index contributed by atoms with van der Waals surface area (Å²) in [7, 11) is 0. The van der Waals surface area contributed by atoms with Gasteiger partial charge in [0.2, 0.25) is 0 Å². The van der Waals surface area contributed by atoms with Crippen LogP contribution in [0.5, 0.6) is 0 Å². The van der Waals surface area contributed by atoms with Crippen LogP contribution in [-0.2, 0) is 32.6 Å². The van der Waals surface area contributed by atoms with Crippen molar-refractivity contribution >= 4 is 0 Å². The van der Waals surface area contributed by atoms with Crippen molar-refractivity contribution in [2.24, 2.45) is 0 Å². The molecule has 5 heterocycles.